The molecule has 0 aromatic heterocycles. The highest BCUT2D eigenvalue weighted by molar-refractivity contribution is 6.02. The van der Waals surface area contributed by atoms with E-state index in [0.29, 0.717) is 22.8 Å². The highest BCUT2D eigenvalue weighted by Crippen LogP contribution is 2.25. The van der Waals surface area contributed by atoms with Crippen LogP contribution in [0.3, 0.4) is 0 Å². The second kappa shape index (κ2) is 10.8. The van der Waals surface area contributed by atoms with Crippen LogP contribution in [-0.2, 0) is 9.59 Å². The first kappa shape index (κ1) is 23.6. The summed E-state index contributed by atoms with van der Waals surface area (Å²) in [5, 5.41) is 12.8. The first-order chi connectivity index (χ1) is 13.1. The minimum atomic E-state index is -0.749. The third kappa shape index (κ3) is 6.96. The third-order valence-electron chi connectivity index (χ3n) is 4.60. The Balaban J connectivity index is 3.03. The van der Waals surface area contributed by atoms with E-state index in [1.807, 2.05) is 27.7 Å². The number of carbonyl (C=O) groups is 3. The summed E-state index contributed by atoms with van der Waals surface area (Å²) in [5.74, 6) is -0.502. The van der Waals surface area contributed by atoms with Crippen molar-refractivity contribution in [1.29, 1.82) is 0 Å². The molecule has 0 fully saturated rings. The van der Waals surface area contributed by atoms with E-state index in [-0.39, 0.29) is 24.6 Å². The van der Waals surface area contributed by atoms with Crippen molar-refractivity contribution in [2.45, 2.75) is 53.0 Å². The van der Waals surface area contributed by atoms with Crippen molar-refractivity contribution in [3.05, 3.63) is 29.8 Å². The van der Waals surface area contributed by atoms with Gasteiger partial charge in [0.25, 0.3) is 0 Å². The van der Waals surface area contributed by atoms with Gasteiger partial charge in [-0.15, -0.1) is 0 Å². The minimum Gasteiger partial charge on any atom is -0.497 e. The maximum atomic E-state index is 13.1. The summed E-state index contributed by atoms with van der Waals surface area (Å²) in [4.78, 5) is 36.7. The molecule has 0 radical (unpaired) electrons. The van der Waals surface area contributed by atoms with Gasteiger partial charge in [0.2, 0.25) is 12.3 Å². The van der Waals surface area contributed by atoms with Crippen LogP contribution >= 0.6 is 0 Å². The van der Waals surface area contributed by atoms with Crippen LogP contribution in [-0.4, -0.2) is 48.1 Å². The molecule has 156 valence electrons. The molecule has 7 heteroatoms. The Hall–Kier alpha value is -2.41. The fourth-order valence-corrected chi connectivity index (χ4v) is 2.88. The molecule has 1 aromatic rings. The smallest absolute Gasteiger partial charge is 0.233 e. The van der Waals surface area contributed by atoms with Crippen molar-refractivity contribution in [1.82, 2.24) is 10.4 Å². The zero-order valence-electron chi connectivity index (χ0n) is 17.4. The van der Waals surface area contributed by atoms with Crippen LogP contribution in [0.25, 0.3) is 0 Å². The fraction of sp³-hybridized carbons (Fsp3) is 0.571. The van der Waals surface area contributed by atoms with E-state index in [4.69, 9.17) is 4.74 Å². The summed E-state index contributed by atoms with van der Waals surface area (Å²) >= 11 is 0. The summed E-state index contributed by atoms with van der Waals surface area (Å²) in [5.41, 5.74) is -0.0475. The molecule has 0 aliphatic rings. The third-order valence-corrected chi connectivity index (χ3v) is 4.60. The number of methoxy groups -OCH3 is 1. The molecule has 2 amide bonds. The summed E-state index contributed by atoms with van der Waals surface area (Å²) in [7, 11) is 1.55. The van der Waals surface area contributed by atoms with Crippen molar-refractivity contribution in [2.75, 3.05) is 13.7 Å². The molecule has 0 bridgehead atoms. The van der Waals surface area contributed by atoms with Gasteiger partial charge in [0.15, 0.2) is 5.78 Å². The SMILES string of the molecule is CCCC[C@H](CN(O)C=O)C(=O)N[C@H](C(=O)c1ccc(OC)cc1)C(C)(C)C. The van der Waals surface area contributed by atoms with Gasteiger partial charge >= 0.3 is 0 Å². The summed E-state index contributed by atoms with van der Waals surface area (Å²) < 4.78 is 5.12. The summed E-state index contributed by atoms with van der Waals surface area (Å²) in [6, 6.07) is 5.99. The molecule has 0 unspecified atom stereocenters. The lowest BCUT2D eigenvalue weighted by molar-refractivity contribution is -0.154. The number of unbranched alkanes of at least 4 members (excludes halogenated alkanes) is 1. The monoisotopic (exact) mass is 392 g/mol. The first-order valence-corrected chi connectivity index (χ1v) is 9.53. The predicted molar refractivity (Wildman–Crippen MR) is 106 cm³/mol. The molecule has 2 atom stereocenters. The van der Waals surface area contributed by atoms with E-state index in [9.17, 15) is 19.6 Å². The average molecular weight is 392 g/mol. The van der Waals surface area contributed by atoms with Gasteiger partial charge in [-0.25, -0.2) is 5.06 Å². The number of benzene rings is 1. The largest absolute Gasteiger partial charge is 0.497 e. The first-order valence-electron chi connectivity index (χ1n) is 9.53. The lowest BCUT2D eigenvalue weighted by Gasteiger charge is -2.32. The van der Waals surface area contributed by atoms with Crippen molar-refractivity contribution < 1.29 is 24.3 Å². The van der Waals surface area contributed by atoms with Gasteiger partial charge in [0, 0.05) is 5.56 Å². The van der Waals surface area contributed by atoms with Crippen LogP contribution in [0.1, 0.15) is 57.3 Å². The number of Topliss-reactive ketones (excluding diaryl/α,β-unsaturated/α-hetero) is 1. The molecular weight excluding hydrogens is 360 g/mol. The predicted octanol–water partition coefficient (Wildman–Crippen LogP) is 3.06. The zero-order chi connectivity index (χ0) is 21.3. The molecule has 2 N–H and O–H groups in total. The molecule has 0 saturated heterocycles. The topological polar surface area (TPSA) is 95.9 Å². The molecule has 28 heavy (non-hydrogen) atoms. The van der Waals surface area contributed by atoms with Gasteiger partial charge < -0.3 is 10.1 Å². The van der Waals surface area contributed by atoms with Crippen molar-refractivity contribution in [3.63, 3.8) is 0 Å². The van der Waals surface area contributed by atoms with Crippen LogP contribution in [0.15, 0.2) is 24.3 Å². The Morgan fingerprint density at radius 2 is 1.86 bits per heavy atom. The van der Waals surface area contributed by atoms with Crippen LogP contribution in [0.5, 0.6) is 5.75 Å². The van der Waals surface area contributed by atoms with E-state index < -0.39 is 17.4 Å². The van der Waals surface area contributed by atoms with E-state index in [0.717, 1.165) is 12.8 Å². The standard InChI is InChI=1S/C21H32N2O5/c1-6-7-8-16(13-23(27)14-24)20(26)22-19(21(2,3)4)18(25)15-9-11-17(28-5)12-10-15/h9-12,14,16,19,27H,6-8,13H2,1-5H3,(H,22,26)/t16-,19-/m1/s1. The molecule has 0 aliphatic carbocycles. The molecular formula is C21H32N2O5. The second-order valence-electron chi connectivity index (χ2n) is 7.97. The highest BCUT2D eigenvalue weighted by atomic mass is 16.5. The number of hydrogen-bond donors (Lipinski definition) is 2. The van der Waals surface area contributed by atoms with Crippen LogP contribution in [0, 0.1) is 11.3 Å². The Morgan fingerprint density at radius 3 is 2.32 bits per heavy atom. The van der Waals surface area contributed by atoms with Crippen molar-refractivity contribution >= 4 is 18.1 Å². The van der Waals surface area contributed by atoms with Crippen LogP contribution in [0.2, 0.25) is 0 Å². The van der Waals surface area contributed by atoms with Gasteiger partial charge in [0.1, 0.15) is 5.75 Å². The molecule has 1 aromatic carbocycles. The van der Waals surface area contributed by atoms with Gasteiger partial charge in [-0.05, 0) is 36.1 Å². The number of nitrogens with one attached hydrogen (secondary N) is 1. The van der Waals surface area contributed by atoms with Gasteiger partial charge in [-0.3, -0.25) is 19.6 Å². The number of hydroxylamine groups is 2. The Labute approximate surface area is 167 Å². The maximum absolute atomic E-state index is 13.1. The van der Waals surface area contributed by atoms with E-state index in [1.165, 1.54) is 0 Å². The number of ether oxygens (including phenoxy) is 1. The quantitative estimate of drug-likeness (QED) is 0.261. The Morgan fingerprint density at radius 1 is 1.25 bits per heavy atom. The molecule has 0 heterocycles. The molecule has 7 nitrogen and oxygen atoms in total. The Bertz CT molecular complexity index is 652. The number of amides is 2. The van der Waals surface area contributed by atoms with Crippen LogP contribution in [0.4, 0.5) is 0 Å². The minimum absolute atomic E-state index is 0.108. The maximum Gasteiger partial charge on any atom is 0.233 e. The number of carbonyl (C=O) groups excluding carboxylic acids is 3. The average Bonchev–Trinajstić information content (AvgIpc) is 2.67. The molecule has 1 rings (SSSR count). The molecule has 0 spiro atoms. The molecule has 0 saturated carbocycles. The zero-order valence-corrected chi connectivity index (χ0v) is 17.4. The Kier molecular flexibility index (Phi) is 9.12. The van der Waals surface area contributed by atoms with Gasteiger partial charge in [0.05, 0.1) is 25.6 Å². The van der Waals surface area contributed by atoms with Gasteiger partial charge in [-0.2, -0.15) is 0 Å². The van der Waals surface area contributed by atoms with Crippen molar-refractivity contribution in [3.8, 4) is 5.75 Å². The highest BCUT2D eigenvalue weighted by Gasteiger charge is 2.35. The number of nitrogens with zero attached hydrogens (tertiary/aromatic N) is 1. The lowest BCUT2D eigenvalue weighted by atomic mass is 9.81. The number of ketones is 1. The number of rotatable bonds is 11. The molecule has 0 aliphatic heterocycles. The van der Waals surface area contributed by atoms with Gasteiger partial charge in [-0.1, -0.05) is 40.5 Å². The van der Waals surface area contributed by atoms with Crippen molar-refractivity contribution in [2.24, 2.45) is 11.3 Å². The fourth-order valence-electron chi connectivity index (χ4n) is 2.88. The summed E-state index contributed by atoms with van der Waals surface area (Å²) in [6.45, 7) is 7.53. The summed E-state index contributed by atoms with van der Waals surface area (Å²) in [6.07, 6.45) is 2.44. The van der Waals surface area contributed by atoms with E-state index in [2.05, 4.69) is 5.32 Å². The lowest BCUT2D eigenvalue weighted by Crippen LogP contribution is -2.52. The number of hydrogen-bond acceptors (Lipinski definition) is 5. The van der Waals surface area contributed by atoms with Crippen LogP contribution < -0.4 is 10.1 Å². The normalized spacial score (nSPS) is 13.4. The second-order valence-corrected chi connectivity index (χ2v) is 7.97. The van der Waals surface area contributed by atoms with E-state index in [1.54, 1.807) is 31.4 Å². The van der Waals surface area contributed by atoms with E-state index >= 15 is 0 Å².